The Kier molecular flexibility index (Phi) is 2.10. The Labute approximate surface area is 59.4 Å². The molecule has 0 saturated heterocycles. The van der Waals surface area contributed by atoms with Gasteiger partial charge in [0.1, 0.15) is 5.76 Å². The number of cyclic esters (lactones) is 1. The lowest BCUT2D eigenvalue weighted by Gasteiger charge is -2.12. The van der Waals surface area contributed by atoms with Crippen LogP contribution in [-0.2, 0) is 4.74 Å². The van der Waals surface area contributed by atoms with Gasteiger partial charge in [-0.25, -0.2) is 4.79 Å². The number of hydrogen-bond acceptors (Lipinski definition) is 2. The van der Waals surface area contributed by atoms with Crippen LogP contribution in [0.3, 0.4) is 0 Å². The highest BCUT2D eigenvalue weighted by atomic mass is 16.6. The van der Waals surface area contributed by atoms with E-state index >= 15 is 0 Å². The number of carbonyl (C=O) groups is 1. The number of amides is 1. The third kappa shape index (κ3) is 1.62. The lowest BCUT2D eigenvalue weighted by molar-refractivity contribution is 0.170. The highest BCUT2D eigenvalue weighted by molar-refractivity contribution is 5.69. The third-order valence-corrected chi connectivity index (χ3v) is 1.15. The topological polar surface area (TPSA) is 38.3 Å². The first-order valence-corrected chi connectivity index (χ1v) is 3.08. The maximum atomic E-state index is 10.5. The summed E-state index contributed by atoms with van der Waals surface area (Å²) in [6.45, 7) is 4.08. The molecule has 1 aliphatic heterocycles. The fourth-order valence-corrected chi connectivity index (χ4v) is 0.712. The van der Waals surface area contributed by atoms with Crippen LogP contribution in [-0.4, -0.2) is 12.6 Å². The van der Waals surface area contributed by atoms with Crippen LogP contribution in [0.15, 0.2) is 24.5 Å². The summed E-state index contributed by atoms with van der Waals surface area (Å²) in [5, 5.41) is 2.50. The van der Waals surface area contributed by atoms with Gasteiger partial charge in [0.25, 0.3) is 0 Å². The van der Waals surface area contributed by atoms with Crippen LogP contribution in [0.4, 0.5) is 4.79 Å². The van der Waals surface area contributed by atoms with Crippen molar-refractivity contribution >= 4 is 6.09 Å². The molecular formula is C7H9NO2. The summed E-state index contributed by atoms with van der Waals surface area (Å²) in [6, 6.07) is 0. The molecule has 0 aromatic heterocycles. The van der Waals surface area contributed by atoms with Crippen molar-refractivity contribution in [3.8, 4) is 0 Å². The van der Waals surface area contributed by atoms with Crippen molar-refractivity contribution in [2.45, 2.75) is 6.42 Å². The van der Waals surface area contributed by atoms with E-state index in [1.54, 1.807) is 6.08 Å². The number of carbonyl (C=O) groups excluding carboxylic acids is 1. The van der Waals surface area contributed by atoms with Gasteiger partial charge in [-0.3, -0.25) is 0 Å². The highest BCUT2D eigenvalue weighted by Crippen LogP contribution is 2.06. The Balaban J connectivity index is 2.50. The predicted octanol–water partition coefficient (Wildman–Crippen LogP) is 1.19. The Morgan fingerprint density at radius 1 is 1.90 bits per heavy atom. The van der Waals surface area contributed by atoms with E-state index in [4.69, 9.17) is 4.74 Å². The summed E-state index contributed by atoms with van der Waals surface area (Å²) in [6.07, 6.45) is 3.76. The van der Waals surface area contributed by atoms with Crippen molar-refractivity contribution in [3.63, 3.8) is 0 Å². The first-order chi connectivity index (χ1) is 4.83. The van der Waals surface area contributed by atoms with E-state index in [0.717, 1.165) is 0 Å². The highest BCUT2D eigenvalue weighted by Gasteiger charge is 2.08. The normalized spacial score (nSPS) is 16.8. The number of ether oxygens (including phenoxy) is 1. The summed E-state index contributed by atoms with van der Waals surface area (Å²) >= 11 is 0. The van der Waals surface area contributed by atoms with Crippen molar-refractivity contribution in [1.29, 1.82) is 0 Å². The molecule has 0 bridgehead atoms. The first-order valence-electron chi connectivity index (χ1n) is 3.08. The summed E-state index contributed by atoms with van der Waals surface area (Å²) in [4.78, 5) is 10.5. The maximum Gasteiger partial charge on any atom is 0.412 e. The molecule has 3 heteroatoms. The molecule has 1 amide bonds. The zero-order valence-electron chi connectivity index (χ0n) is 5.59. The van der Waals surface area contributed by atoms with E-state index in [9.17, 15) is 4.79 Å². The molecule has 0 aromatic rings. The smallest absolute Gasteiger partial charge is 0.412 e. The van der Waals surface area contributed by atoms with Crippen LogP contribution in [0.5, 0.6) is 0 Å². The number of hydrogen-bond donors (Lipinski definition) is 1. The van der Waals surface area contributed by atoms with E-state index in [2.05, 4.69) is 11.9 Å². The average molecular weight is 139 g/mol. The zero-order valence-corrected chi connectivity index (χ0v) is 5.59. The molecule has 10 heavy (non-hydrogen) atoms. The van der Waals surface area contributed by atoms with Gasteiger partial charge < -0.3 is 10.1 Å². The Hall–Kier alpha value is -1.25. The molecule has 1 aliphatic rings. The number of alkyl carbamates (subject to hydrolysis) is 1. The largest absolute Gasteiger partial charge is 0.415 e. The van der Waals surface area contributed by atoms with Gasteiger partial charge in [-0.05, 0) is 6.08 Å². The average Bonchev–Trinajstić information content (AvgIpc) is 1.88. The number of allylic oxidation sites excluding steroid dienone is 1. The van der Waals surface area contributed by atoms with Crippen LogP contribution in [0.2, 0.25) is 0 Å². The summed E-state index contributed by atoms with van der Waals surface area (Å²) in [5.41, 5.74) is 0. The van der Waals surface area contributed by atoms with Gasteiger partial charge in [-0.2, -0.15) is 0 Å². The van der Waals surface area contributed by atoms with Gasteiger partial charge in [0, 0.05) is 13.0 Å². The van der Waals surface area contributed by atoms with E-state index in [1.165, 1.54) is 0 Å². The van der Waals surface area contributed by atoms with E-state index in [-0.39, 0.29) is 6.09 Å². The summed E-state index contributed by atoms with van der Waals surface area (Å²) in [5.74, 6) is 0.679. The zero-order chi connectivity index (χ0) is 7.40. The predicted molar refractivity (Wildman–Crippen MR) is 37.4 cm³/mol. The molecule has 1 rings (SSSR count). The molecule has 0 atom stereocenters. The summed E-state index contributed by atoms with van der Waals surface area (Å²) in [7, 11) is 0. The van der Waals surface area contributed by atoms with Gasteiger partial charge in [-0.15, -0.1) is 6.58 Å². The monoisotopic (exact) mass is 139 g/mol. The fourth-order valence-electron chi connectivity index (χ4n) is 0.712. The van der Waals surface area contributed by atoms with Crippen molar-refractivity contribution in [2.24, 2.45) is 0 Å². The quantitative estimate of drug-likeness (QED) is 0.583. The van der Waals surface area contributed by atoms with Crippen molar-refractivity contribution in [3.05, 3.63) is 24.5 Å². The Bertz CT molecular complexity index is 184. The van der Waals surface area contributed by atoms with Gasteiger partial charge in [0.2, 0.25) is 0 Å². The lowest BCUT2D eigenvalue weighted by atomic mass is 10.3. The van der Waals surface area contributed by atoms with Crippen molar-refractivity contribution in [2.75, 3.05) is 6.54 Å². The molecule has 3 nitrogen and oxygen atoms in total. The molecule has 0 saturated carbocycles. The molecular weight excluding hydrogens is 130 g/mol. The molecule has 0 unspecified atom stereocenters. The van der Waals surface area contributed by atoms with Crippen LogP contribution in [0.1, 0.15) is 6.42 Å². The standard InChI is InChI=1S/C7H9NO2/c1-2-3-6-4-5-8-7(9)10-6/h2,4H,1,3,5H2,(H,8,9). The second-order valence-electron chi connectivity index (χ2n) is 1.93. The van der Waals surface area contributed by atoms with Crippen LogP contribution >= 0.6 is 0 Å². The third-order valence-electron chi connectivity index (χ3n) is 1.15. The SMILES string of the molecule is C=CCC1=CCNC(=O)O1. The molecule has 0 aliphatic carbocycles. The Morgan fingerprint density at radius 3 is 3.30 bits per heavy atom. The molecule has 54 valence electrons. The van der Waals surface area contributed by atoms with Gasteiger partial charge in [0.15, 0.2) is 0 Å². The summed E-state index contributed by atoms with van der Waals surface area (Å²) < 4.78 is 4.77. The minimum Gasteiger partial charge on any atom is -0.415 e. The van der Waals surface area contributed by atoms with Gasteiger partial charge >= 0.3 is 6.09 Å². The van der Waals surface area contributed by atoms with E-state index in [0.29, 0.717) is 18.7 Å². The molecule has 1 N–H and O–H groups in total. The lowest BCUT2D eigenvalue weighted by Crippen LogP contribution is -2.28. The molecule has 0 aromatic carbocycles. The van der Waals surface area contributed by atoms with Crippen molar-refractivity contribution < 1.29 is 9.53 Å². The second kappa shape index (κ2) is 3.06. The van der Waals surface area contributed by atoms with Gasteiger partial charge in [0.05, 0.1) is 0 Å². The van der Waals surface area contributed by atoms with E-state index in [1.807, 2.05) is 6.08 Å². The number of rotatable bonds is 2. The van der Waals surface area contributed by atoms with Crippen LogP contribution in [0, 0.1) is 0 Å². The minimum absolute atomic E-state index is 0.376. The molecule has 0 fully saturated rings. The van der Waals surface area contributed by atoms with Crippen molar-refractivity contribution in [1.82, 2.24) is 5.32 Å². The number of nitrogens with one attached hydrogen (secondary N) is 1. The van der Waals surface area contributed by atoms with Gasteiger partial charge in [-0.1, -0.05) is 6.08 Å². The first kappa shape index (κ1) is 6.86. The maximum absolute atomic E-state index is 10.5. The fraction of sp³-hybridized carbons (Fsp3) is 0.286. The molecule has 1 heterocycles. The molecule has 0 spiro atoms. The van der Waals surface area contributed by atoms with Crippen LogP contribution in [0.25, 0.3) is 0 Å². The van der Waals surface area contributed by atoms with E-state index < -0.39 is 0 Å². The second-order valence-corrected chi connectivity index (χ2v) is 1.93. The Morgan fingerprint density at radius 2 is 2.70 bits per heavy atom. The molecule has 0 radical (unpaired) electrons. The van der Waals surface area contributed by atoms with Crippen LogP contribution < -0.4 is 5.32 Å². The minimum atomic E-state index is -0.376.